The Balaban J connectivity index is 1.92. The van der Waals surface area contributed by atoms with Gasteiger partial charge in [0.25, 0.3) is 0 Å². The van der Waals surface area contributed by atoms with E-state index in [2.05, 4.69) is 0 Å². The van der Waals surface area contributed by atoms with Crippen LogP contribution in [-0.4, -0.2) is 47.4 Å². The number of thioether (sulfide) groups is 1. The van der Waals surface area contributed by atoms with E-state index in [-0.39, 0.29) is 11.2 Å². The number of carbonyl (C=O) groups excluding carboxylic acids is 3. The summed E-state index contributed by atoms with van der Waals surface area (Å²) in [5.41, 5.74) is -0.557. The van der Waals surface area contributed by atoms with E-state index in [4.69, 9.17) is 23.4 Å². The van der Waals surface area contributed by atoms with Crippen molar-refractivity contribution >= 4 is 40.6 Å². The van der Waals surface area contributed by atoms with Crippen LogP contribution in [0.4, 0.5) is 0 Å². The molecule has 0 N–H and O–H groups in total. The van der Waals surface area contributed by atoms with Crippen LogP contribution in [-0.2, 0) is 35.0 Å². The number of hydrogen-bond donors (Lipinski definition) is 0. The number of aryl methyl sites for hydroxylation is 1. The zero-order valence-electron chi connectivity index (χ0n) is 18.1. The van der Waals surface area contributed by atoms with Crippen LogP contribution < -0.4 is 10.2 Å². The SMILES string of the molecule is CCc1cc(=O)c2ccc(O[C@H]3SC[C@@H](OC(C)=O)[C@H](OC(C)=O)[C@H]3OC(C)=O)cc2o1. The normalized spacial score (nSPS) is 22.8. The van der Waals surface area contributed by atoms with Crippen LogP contribution in [0.5, 0.6) is 5.75 Å². The Morgan fingerprint density at radius 3 is 2.28 bits per heavy atom. The monoisotopic (exact) mass is 464 g/mol. The van der Waals surface area contributed by atoms with Crippen molar-refractivity contribution in [2.75, 3.05) is 5.75 Å². The molecule has 2 heterocycles. The first-order valence-corrected chi connectivity index (χ1v) is 11.1. The third-order valence-electron chi connectivity index (χ3n) is 4.66. The topological polar surface area (TPSA) is 118 Å². The van der Waals surface area contributed by atoms with Crippen molar-refractivity contribution in [3.05, 3.63) is 40.2 Å². The molecule has 1 aromatic heterocycles. The molecule has 0 unspecified atom stereocenters. The van der Waals surface area contributed by atoms with E-state index >= 15 is 0 Å². The van der Waals surface area contributed by atoms with Gasteiger partial charge in [0, 0.05) is 45.1 Å². The average molecular weight is 464 g/mol. The lowest BCUT2D eigenvalue weighted by Crippen LogP contribution is -2.55. The van der Waals surface area contributed by atoms with Gasteiger partial charge in [0.05, 0.1) is 5.39 Å². The van der Waals surface area contributed by atoms with Gasteiger partial charge >= 0.3 is 17.9 Å². The van der Waals surface area contributed by atoms with Crippen molar-refractivity contribution in [3.63, 3.8) is 0 Å². The smallest absolute Gasteiger partial charge is 0.303 e. The molecule has 1 aliphatic heterocycles. The minimum absolute atomic E-state index is 0.154. The summed E-state index contributed by atoms with van der Waals surface area (Å²) >= 11 is 1.24. The second kappa shape index (κ2) is 10.1. The lowest BCUT2D eigenvalue weighted by molar-refractivity contribution is -0.186. The predicted octanol–water partition coefficient (Wildman–Crippen LogP) is 2.60. The third-order valence-corrected chi connectivity index (χ3v) is 5.87. The van der Waals surface area contributed by atoms with Gasteiger partial charge in [-0.25, -0.2) is 0 Å². The van der Waals surface area contributed by atoms with Gasteiger partial charge in [-0.2, -0.15) is 0 Å². The molecule has 9 nitrogen and oxygen atoms in total. The summed E-state index contributed by atoms with van der Waals surface area (Å²) in [6, 6.07) is 6.24. The van der Waals surface area contributed by atoms with Gasteiger partial charge in [-0.3, -0.25) is 19.2 Å². The molecule has 0 saturated carbocycles. The van der Waals surface area contributed by atoms with Crippen LogP contribution in [0.3, 0.4) is 0 Å². The molecule has 10 heteroatoms. The van der Waals surface area contributed by atoms with E-state index in [0.717, 1.165) is 0 Å². The highest BCUT2D eigenvalue weighted by Gasteiger charge is 2.47. The Bertz CT molecular complexity index is 1080. The highest BCUT2D eigenvalue weighted by molar-refractivity contribution is 7.99. The van der Waals surface area contributed by atoms with Gasteiger partial charge in [-0.05, 0) is 12.1 Å². The summed E-state index contributed by atoms with van der Waals surface area (Å²) in [5.74, 6) is -0.607. The number of rotatable bonds is 6. The van der Waals surface area contributed by atoms with E-state index in [0.29, 0.717) is 28.9 Å². The number of carbonyl (C=O) groups is 3. The first kappa shape index (κ1) is 23.6. The molecular formula is C22H24O9S. The lowest BCUT2D eigenvalue weighted by Gasteiger charge is -2.39. The molecular weight excluding hydrogens is 440 g/mol. The molecule has 3 rings (SSSR count). The van der Waals surface area contributed by atoms with Crippen molar-refractivity contribution in [2.24, 2.45) is 0 Å². The molecule has 0 amide bonds. The van der Waals surface area contributed by atoms with Gasteiger partial charge < -0.3 is 23.4 Å². The molecule has 1 aliphatic rings. The summed E-state index contributed by atoms with van der Waals surface area (Å²) < 4.78 is 27.8. The molecule has 1 saturated heterocycles. The number of ether oxygens (including phenoxy) is 4. The molecule has 2 aromatic rings. The van der Waals surface area contributed by atoms with Crippen LogP contribution in [0.1, 0.15) is 33.5 Å². The molecule has 172 valence electrons. The first-order chi connectivity index (χ1) is 15.2. The summed E-state index contributed by atoms with van der Waals surface area (Å²) in [6.45, 7) is 5.55. The minimum atomic E-state index is -1.04. The lowest BCUT2D eigenvalue weighted by atomic mass is 10.1. The molecule has 4 atom stereocenters. The Morgan fingerprint density at radius 2 is 1.66 bits per heavy atom. The largest absolute Gasteiger partial charge is 0.476 e. The third kappa shape index (κ3) is 5.61. The van der Waals surface area contributed by atoms with E-state index in [9.17, 15) is 19.2 Å². The Kier molecular flexibility index (Phi) is 7.44. The number of esters is 3. The van der Waals surface area contributed by atoms with Crippen molar-refractivity contribution in [3.8, 4) is 5.75 Å². The van der Waals surface area contributed by atoms with Gasteiger partial charge in [-0.1, -0.05) is 6.92 Å². The van der Waals surface area contributed by atoms with Crippen molar-refractivity contribution in [1.29, 1.82) is 0 Å². The molecule has 1 aromatic carbocycles. The van der Waals surface area contributed by atoms with Crippen molar-refractivity contribution < 1.29 is 37.7 Å². The second-order valence-corrected chi connectivity index (χ2v) is 8.34. The van der Waals surface area contributed by atoms with Crippen LogP contribution in [0.15, 0.2) is 33.5 Å². The van der Waals surface area contributed by atoms with Crippen LogP contribution in [0.25, 0.3) is 11.0 Å². The maximum Gasteiger partial charge on any atom is 0.303 e. The fourth-order valence-corrected chi connectivity index (χ4v) is 4.59. The molecule has 1 fully saturated rings. The second-order valence-electron chi connectivity index (χ2n) is 7.20. The number of benzene rings is 1. The zero-order valence-corrected chi connectivity index (χ0v) is 18.9. The van der Waals surface area contributed by atoms with E-state index in [1.165, 1.54) is 38.6 Å². The van der Waals surface area contributed by atoms with Crippen molar-refractivity contribution in [1.82, 2.24) is 0 Å². The van der Waals surface area contributed by atoms with Crippen LogP contribution in [0, 0.1) is 0 Å². The summed E-state index contributed by atoms with van der Waals surface area (Å²) in [4.78, 5) is 47.2. The van der Waals surface area contributed by atoms with Gasteiger partial charge in [0.15, 0.2) is 29.2 Å². The quantitative estimate of drug-likeness (QED) is 0.466. The zero-order chi connectivity index (χ0) is 23.4. The molecule has 0 radical (unpaired) electrons. The average Bonchev–Trinajstić information content (AvgIpc) is 2.70. The van der Waals surface area contributed by atoms with Crippen molar-refractivity contribution in [2.45, 2.75) is 57.9 Å². The minimum Gasteiger partial charge on any atom is -0.476 e. The Morgan fingerprint density at radius 1 is 1.00 bits per heavy atom. The fourth-order valence-electron chi connectivity index (χ4n) is 3.38. The van der Waals surface area contributed by atoms with E-state index in [1.807, 2.05) is 6.92 Å². The standard InChI is InChI=1S/C22H24O9S/c1-5-14-8-17(26)16-7-6-15(9-18(16)30-14)31-22-21(29-13(4)25)20(28-12(3)24)19(10-32-22)27-11(2)23/h6-9,19-22H,5,10H2,1-4H3/t19-,20+,21-,22+/m1/s1. The molecule has 0 aliphatic carbocycles. The van der Waals surface area contributed by atoms with Gasteiger partial charge in [0.2, 0.25) is 0 Å². The number of hydrogen-bond acceptors (Lipinski definition) is 10. The fraction of sp³-hybridized carbons (Fsp3) is 0.455. The maximum absolute atomic E-state index is 12.3. The van der Waals surface area contributed by atoms with Crippen LogP contribution >= 0.6 is 11.8 Å². The van der Waals surface area contributed by atoms with Gasteiger partial charge in [-0.15, -0.1) is 11.8 Å². The van der Waals surface area contributed by atoms with Crippen LogP contribution in [0.2, 0.25) is 0 Å². The summed E-state index contributed by atoms with van der Waals surface area (Å²) in [5, 5.41) is 0.412. The first-order valence-electron chi connectivity index (χ1n) is 10.0. The Hall–Kier alpha value is -3.01. The highest BCUT2D eigenvalue weighted by atomic mass is 32.2. The highest BCUT2D eigenvalue weighted by Crippen LogP contribution is 2.34. The Labute approximate surface area is 188 Å². The molecule has 0 spiro atoms. The van der Waals surface area contributed by atoms with E-state index < -0.39 is 41.7 Å². The predicted molar refractivity (Wildman–Crippen MR) is 115 cm³/mol. The summed E-state index contributed by atoms with van der Waals surface area (Å²) in [6.07, 6.45) is -2.33. The van der Waals surface area contributed by atoms with E-state index in [1.54, 1.807) is 18.2 Å². The van der Waals surface area contributed by atoms with Gasteiger partial charge in [0.1, 0.15) is 17.1 Å². The maximum atomic E-state index is 12.3. The number of fused-ring (bicyclic) bond motifs is 1. The molecule has 0 bridgehead atoms. The molecule has 32 heavy (non-hydrogen) atoms. The summed E-state index contributed by atoms with van der Waals surface area (Å²) in [7, 11) is 0.